The van der Waals surface area contributed by atoms with E-state index in [4.69, 9.17) is 4.74 Å². The average molecular weight is 403 g/mol. The number of amides is 1. The van der Waals surface area contributed by atoms with Crippen molar-refractivity contribution in [3.63, 3.8) is 0 Å². The smallest absolute Gasteiger partial charge is 0.333 e. The van der Waals surface area contributed by atoms with Gasteiger partial charge in [0.2, 0.25) is 5.91 Å². The molecule has 130 valence electrons. The van der Waals surface area contributed by atoms with E-state index in [0.717, 1.165) is 10.0 Å². The van der Waals surface area contributed by atoms with E-state index < -0.39 is 18.1 Å². The standard InChI is InChI=1S/C19H19BrN2O3/c1-13(19(24)25-16-9-7-15(20)8-10-16)22-12-11-21-17(18(22)23)14-5-3-2-4-6-14/h2-10,13,17,21H,11-12H2,1H3. The second kappa shape index (κ2) is 7.80. The maximum Gasteiger partial charge on any atom is 0.333 e. The maximum absolute atomic E-state index is 12.8. The molecule has 1 saturated heterocycles. The zero-order valence-electron chi connectivity index (χ0n) is 13.8. The molecule has 0 aromatic heterocycles. The molecule has 1 heterocycles. The van der Waals surface area contributed by atoms with Gasteiger partial charge in [0.05, 0.1) is 0 Å². The Labute approximate surface area is 155 Å². The minimum Gasteiger partial charge on any atom is -0.425 e. The number of carbonyl (C=O) groups excluding carboxylic acids is 2. The molecular formula is C19H19BrN2O3. The third kappa shape index (κ3) is 4.08. The molecular weight excluding hydrogens is 384 g/mol. The number of hydrogen-bond donors (Lipinski definition) is 1. The Morgan fingerprint density at radius 3 is 2.56 bits per heavy atom. The molecule has 1 aliphatic heterocycles. The van der Waals surface area contributed by atoms with Crippen LogP contribution in [0.3, 0.4) is 0 Å². The number of ether oxygens (including phenoxy) is 1. The number of benzene rings is 2. The third-order valence-electron chi connectivity index (χ3n) is 4.20. The normalized spacial score (nSPS) is 18.7. The molecule has 0 bridgehead atoms. The third-order valence-corrected chi connectivity index (χ3v) is 4.73. The molecule has 1 N–H and O–H groups in total. The first-order valence-electron chi connectivity index (χ1n) is 8.12. The van der Waals surface area contributed by atoms with Crippen LogP contribution in [0.15, 0.2) is 59.1 Å². The molecule has 2 aromatic carbocycles. The first-order chi connectivity index (χ1) is 12.1. The minimum absolute atomic E-state index is 0.113. The van der Waals surface area contributed by atoms with Gasteiger partial charge >= 0.3 is 5.97 Å². The lowest BCUT2D eigenvalue weighted by molar-refractivity contribution is -0.150. The van der Waals surface area contributed by atoms with Gasteiger partial charge in [-0.2, -0.15) is 0 Å². The van der Waals surface area contributed by atoms with E-state index in [0.29, 0.717) is 18.8 Å². The van der Waals surface area contributed by atoms with Crippen LogP contribution in [0.4, 0.5) is 0 Å². The van der Waals surface area contributed by atoms with Crippen LogP contribution in [-0.2, 0) is 9.59 Å². The van der Waals surface area contributed by atoms with Crippen molar-refractivity contribution in [2.24, 2.45) is 0 Å². The Hall–Kier alpha value is -2.18. The SMILES string of the molecule is CC(C(=O)Oc1ccc(Br)cc1)N1CCNC(c2ccccc2)C1=O. The molecule has 2 atom stereocenters. The fourth-order valence-electron chi connectivity index (χ4n) is 2.81. The highest BCUT2D eigenvalue weighted by molar-refractivity contribution is 9.10. The Bertz CT molecular complexity index is 749. The van der Waals surface area contributed by atoms with Gasteiger partial charge in [-0.15, -0.1) is 0 Å². The van der Waals surface area contributed by atoms with Crippen LogP contribution in [0.1, 0.15) is 18.5 Å². The molecule has 2 aromatic rings. The summed E-state index contributed by atoms with van der Waals surface area (Å²) in [5.41, 5.74) is 0.894. The molecule has 0 saturated carbocycles. The van der Waals surface area contributed by atoms with Crippen molar-refractivity contribution < 1.29 is 14.3 Å². The van der Waals surface area contributed by atoms with Gasteiger partial charge in [0.1, 0.15) is 17.8 Å². The van der Waals surface area contributed by atoms with Crippen molar-refractivity contribution in [2.75, 3.05) is 13.1 Å². The number of rotatable bonds is 4. The molecule has 25 heavy (non-hydrogen) atoms. The summed E-state index contributed by atoms with van der Waals surface area (Å²) in [5.74, 6) is -0.0932. The van der Waals surface area contributed by atoms with Crippen LogP contribution >= 0.6 is 15.9 Å². The fourth-order valence-corrected chi connectivity index (χ4v) is 3.08. The van der Waals surface area contributed by atoms with E-state index in [9.17, 15) is 9.59 Å². The van der Waals surface area contributed by atoms with Gasteiger partial charge in [0, 0.05) is 17.6 Å². The van der Waals surface area contributed by atoms with Crippen molar-refractivity contribution in [1.82, 2.24) is 10.2 Å². The predicted molar refractivity (Wildman–Crippen MR) is 98.1 cm³/mol. The summed E-state index contributed by atoms with van der Waals surface area (Å²) in [5, 5.41) is 3.22. The molecule has 2 unspecified atom stereocenters. The molecule has 6 heteroatoms. The number of piperazine rings is 1. The number of hydrogen-bond acceptors (Lipinski definition) is 4. The second-order valence-electron chi connectivity index (χ2n) is 5.88. The Morgan fingerprint density at radius 1 is 1.20 bits per heavy atom. The summed E-state index contributed by atoms with van der Waals surface area (Å²) < 4.78 is 6.31. The summed E-state index contributed by atoms with van der Waals surface area (Å²) in [7, 11) is 0. The second-order valence-corrected chi connectivity index (χ2v) is 6.80. The van der Waals surface area contributed by atoms with Crippen molar-refractivity contribution in [1.29, 1.82) is 0 Å². The number of esters is 1. The quantitative estimate of drug-likeness (QED) is 0.630. The van der Waals surface area contributed by atoms with Crippen LogP contribution in [-0.4, -0.2) is 35.9 Å². The van der Waals surface area contributed by atoms with Crippen LogP contribution in [0.2, 0.25) is 0 Å². The van der Waals surface area contributed by atoms with E-state index in [2.05, 4.69) is 21.2 Å². The molecule has 3 rings (SSSR count). The van der Waals surface area contributed by atoms with Crippen molar-refractivity contribution in [2.45, 2.75) is 19.0 Å². The van der Waals surface area contributed by atoms with Gasteiger partial charge in [-0.25, -0.2) is 4.79 Å². The molecule has 1 aliphatic rings. The highest BCUT2D eigenvalue weighted by atomic mass is 79.9. The van der Waals surface area contributed by atoms with E-state index in [-0.39, 0.29) is 5.91 Å². The molecule has 0 aliphatic carbocycles. The highest BCUT2D eigenvalue weighted by Crippen LogP contribution is 2.22. The molecule has 5 nitrogen and oxygen atoms in total. The first kappa shape index (κ1) is 17.6. The lowest BCUT2D eigenvalue weighted by Crippen LogP contribution is -2.55. The average Bonchev–Trinajstić information content (AvgIpc) is 2.64. The van der Waals surface area contributed by atoms with Gasteiger partial charge in [-0.3, -0.25) is 4.79 Å². The largest absolute Gasteiger partial charge is 0.425 e. The van der Waals surface area contributed by atoms with Crippen LogP contribution in [0.5, 0.6) is 5.75 Å². The van der Waals surface area contributed by atoms with Gasteiger partial charge in [-0.05, 0) is 36.8 Å². The summed E-state index contributed by atoms with van der Waals surface area (Å²) in [4.78, 5) is 26.8. The topological polar surface area (TPSA) is 58.6 Å². The summed E-state index contributed by atoms with van der Waals surface area (Å²) in [6.45, 7) is 2.80. The van der Waals surface area contributed by atoms with Crippen molar-refractivity contribution in [3.05, 3.63) is 64.6 Å². The van der Waals surface area contributed by atoms with Crippen LogP contribution < -0.4 is 10.1 Å². The summed E-state index contributed by atoms with van der Waals surface area (Å²) >= 11 is 3.34. The van der Waals surface area contributed by atoms with Gasteiger partial charge in [0.25, 0.3) is 0 Å². The highest BCUT2D eigenvalue weighted by Gasteiger charge is 2.35. The molecule has 1 amide bonds. The molecule has 1 fully saturated rings. The Morgan fingerprint density at radius 2 is 1.88 bits per heavy atom. The molecule has 0 radical (unpaired) electrons. The summed E-state index contributed by atoms with van der Waals surface area (Å²) in [6, 6.07) is 15.5. The van der Waals surface area contributed by atoms with E-state index >= 15 is 0 Å². The monoisotopic (exact) mass is 402 g/mol. The van der Waals surface area contributed by atoms with Crippen molar-refractivity contribution >= 4 is 27.8 Å². The predicted octanol–water partition coefficient (Wildman–Crippen LogP) is 2.92. The maximum atomic E-state index is 12.8. The van der Waals surface area contributed by atoms with Crippen molar-refractivity contribution in [3.8, 4) is 5.75 Å². The van der Waals surface area contributed by atoms with Gasteiger partial charge in [0.15, 0.2) is 0 Å². The lowest BCUT2D eigenvalue weighted by atomic mass is 10.0. The number of nitrogens with one attached hydrogen (secondary N) is 1. The van der Waals surface area contributed by atoms with Gasteiger partial charge < -0.3 is 15.0 Å². The summed E-state index contributed by atoms with van der Waals surface area (Å²) in [6.07, 6.45) is 0. The number of nitrogens with zero attached hydrogens (tertiary/aromatic N) is 1. The number of carbonyl (C=O) groups is 2. The number of halogens is 1. The van der Waals surface area contributed by atoms with Gasteiger partial charge in [-0.1, -0.05) is 46.3 Å². The fraction of sp³-hybridized carbons (Fsp3) is 0.263. The first-order valence-corrected chi connectivity index (χ1v) is 8.91. The van der Waals surface area contributed by atoms with E-state index in [1.165, 1.54) is 0 Å². The van der Waals surface area contributed by atoms with E-state index in [1.807, 2.05) is 30.3 Å². The Balaban J connectivity index is 1.70. The lowest BCUT2D eigenvalue weighted by Gasteiger charge is -2.36. The van der Waals surface area contributed by atoms with E-state index in [1.54, 1.807) is 36.1 Å². The Kier molecular flexibility index (Phi) is 5.50. The zero-order valence-corrected chi connectivity index (χ0v) is 15.4. The van der Waals surface area contributed by atoms with Crippen LogP contribution in [0, 0.1) is 0 Å². The minimum atomic E-state index is -0.649. The zero-order chi connectivity index (χ0) is 17.8. The molecule has 0 spiro atoms. The van der Waals surface area contributed by atoms with Crippen LogP contribution in [0.25, 0.3) is 0 Å².